The molecule has 35 heavy (non-hydrogen) atoms. The maximum atomic E-state index is 13.1. The summed E-state index contributed by atoms with van der Waals surface area (Å²) in [5.74, 6) is -1.80. The number of aliphatic imine (C=N–C) groups is 1. The van der Waals surface area contributed by atoms with E-state index in [1.54, 1.807) is 12.1 Å². The van der Waals surface area contributed by atoms with Crippen LogP contribution in [0.15, 0.2) is 59.6 Å². The standard InChI is InChI=1S/C24H33N7O4/c25-18(7-4-12-29-24(27)28)22(34)31-20(14-16-8-10-17(32)11-9-16)23(35)30-19(21(26)33)13-15-5-2-1-3-6-15/h1-3,5-6,8-11,18-20,32H,4,7,12-14,25H2,(H2,26,33)(H,30,35)(H,31,34)(H4,27,28,29)/t18-,19-,20-/m0/s1. The Morgan fingerprint density at radius 1 is 0.829 bits per heavy atom. The Balaban J connectivity index is 2.11. The second kappa shape index (κ2) is 13.6. The van der Waals surface area contributed by atoms with Crippen molar-refractivity contribution in [2.45, 2.75) is 43.8 Å². The van der Waals surface area contributed by atoms with Crippen LogP contribution in [0, 0.1) is 0 Å². The van der Waals surface area contributed by atoms with E-state index in [9.17, 15) is 19.5 Å². The number of benzene rings is 2. The maximum Gasteiger partial charge on any atom is 0.243 e. The molecule has 2 aromatic carbocycles. The van der Waals surface area contributed by atoms with Crippen molar-refractivity contribution < 1.29 is 19.5 Å². The van der Waals surface area contributed by atoms with Gasteiger partial charge in [-0.3, -0.25) is 19.4 Å². The van der Waals surface area contributed by atoms with E-state index in [0.29, 0.717) is 24.9 Å². The lowest BCUT2D eigenvalue weighted by atomic mass is 10.0. The van der Waals surface area contributed by atoms with E-state index in [1.165, 1.54) is 12.1 Å². The molecule has 0 unspecified atom stereocenters. The number of primary amides is 1. The largest absolute Gasteiger partial charge is 0.508 e. The van der Waals surface area contributed by atoms with Gasteiger partial charge in [-0.05, 0) is 36.1 Å². The summed E-state index contributed by atoms with van der Waals surface area (Å²) in [6, 6.07) is 12.4. The number of aromatic hydroxyl groups is 1. The summed E-state index contributed by atoms with van der Waals surface area (Å²) < 4.78 is 0. The third kappa shape index (κ3) is 9.72. The van der Waals surface area contributed by atoms with Crippen molar-refractivity contribution in [3.05, 3.63) is 65.7 Å². The number of hydrogen-bond acceptors (Lipinski definition) is 6. The smallest absolute Gasteiger partial charge is 0.243 e. The Labute approximate surface area is 204 Å². The van der Waals surface area contributed by atoms with Crippen LogP contribution in [-0.4, -0.2) is 53.5 Å². The van der Waals surface area contributed by atoms with Gasteiger partial charge in [0.15, 0.2) is 5.96 Å². The highest BCUT2D eigenvalue weighted by Crippen LogP contribution is 2.12. The fourth-order valence-corrected chi connectivity index (χ4v) is 3.35. The van der Waals surface area contributed by atoms with Crippen molar-refractivity contribution in [2.75, 3.05) is 6.54 Å². The van der Waals surface area contributed by atoms with E-state index in [0.717, 1.165) is 5.56 Å². The molecule has 0 bridgehead atoms. The van der Waals surface area contributed by atoms with Gasteiger partial charge in [-0.15, -0.1) is 0 Å². The molecule has 11 heteroatoms. The van der Waals surface area contributed by atoms with Crippen molar-refractivity contribution in [2.24, 2.45) is 27.9 Å². The van der Waals surface area contributed by atoms with Gasteiger partial charge in [0.05, 0.1) is 6.04 Å². The number of phenolic OH excluding ortho intramolecular Hbond substituents is 1. The first-order valence-electron chi connectivity index (χ1n) is 11.2. The van der Waals surface area contributed by atoms with Crippen LogP contribution in [-0.2, 0) is 27.2 Å². The Bertz CT molecular complexity index is 1010. The lowest BCUT2D eigenvalue weighted by Crippen LogP contribution is -2.56. The monoisotopic (exact) mass is 483 g/mol. The molecule has 0 aliphatic rings. The average Bonchev–Trinajstić information content (AvgIpc) is 2.82. The first-order valence-corrected chi connectivity index (χ1v) is 11.2. The van der Waals surface area contributed by atoms with E-state index in [1.807, 2.05) is 30.3 Å². The van der Waals surface area contributed by atoms with Crippen LogP contribution in [0.25, 0.3) is 0 Å². The molecular weight excluding hydrogens is 450 g/mol. The minimum atomic E-state index is -1.03. The highest BCUT2D eigenvalue weighted by atomic mass is 16.3. The predicted molar refractivity (Wildman–Crippen MR) is 133 cm³/mol. The van der Waals surface area contributed by atoms with Gasteiger partial charge in [0, 0.05) is 19.4 Å². The second-order valence-corrected chi connectivity index (χ2v) is 8.14. The van der Waals surface area contributed by atoms with Crippen LogP contribution in [0.3, 0.4) is 0 Å². The molecule has 11 nitrogen and oxygen atoms in total. The number of guanidine groups is 1. The molecule has 2 aromatic rings. The van der Waals surface area contributed by atoms with Crippen molar-refractivity contribution >= 4 is 23.7 Å². The van der Waals surface area contributed by atoms with Crippen LogP contribution in [0.5, 0.6) is 5.75 Å². The van der Waals surface area contributed by atoms with Gasteiger partial charge in [-0.2, -0.15) is 0 Å². The van der Waals surface area contributed by atoms with Crippen LogP contribution in [0.4, 0.5) is 0 Å². The third-order valence-electron chi connectivity index (χ3n) is 5.26. The molecule has 0 radical (unpaired) electrons. The molecule has 188 valence electrons. The summed E-state index contributed by atoms with van der Waals surface area (Å²) in [6.45, 7) is 0.320. The molecule has 0 aliphatic carbocycles. The number of carbonyl (C=O) groups excluding carboxylic acids is 3. The fourth-order valence-electron chi connectivity index (χ4n) is 3.35. The molecule has 0 spiro atoms. The Morgan fingerprint density at radius 2 is 1.40 bits per heavy atom. The molecule has 11 N–H and O–H groups in total. The van der Waals surface area contributed by atoms with Crippen molar-refractivity contribution in [3.8, 4) is 5.75 Å². The molecule has 0 aromatic heterocycles. The lowest BCUT2D eigenvalue weighted by Gasteiger charge is -2.23. The quantitative estimate of drug-likeness (QED) is 0.107. The van der Waals surface area contributed by atoms with Gasteiger partial charge >= 0.3 is 0 Å². The zero-order valence-corrected chi connectivity index (χ0v) is 19.4. The average molecular weight is 484 g/mol. The summed E-state index contributed by atoms with van der Waals surface area (Å²) in [7, 11) is 0. The molecule has 3 amide bonds. The van der Waals surface area contributed by atoms with Gasteiger partial charge in [0.2, 0.25) is 17.7 Å². The number of nitrogens with one attached hydrogen (secondary N) is 2. The summed E-state index contributed by atoms with van der Waals surface area (Å²) in [6.07, 6.45) is 1.08. The Hall–Kier alpha value is -4.12. The van der Waals surface area contributed by atoms with E-state index >= 15 is 0 Å². The van der Waals surface area contributed by atoms with E-state index < -0.39 is 35.8 Å². The van der Waals surface area contributed by atoms with Gasteiger partial charge < -0.3 is 38.7 Å². The Kier molecular flexibility index (Phi) is 10.5. The maximum absolute atomic E-state index is 13.1. The van der Waals surface area contributed by atoms with E-state index in [4.69, 9.17) is 22.9 Å². The third-order valence-corrected chi connectivity index (χ3v) is 5.26. The number of nitrogens with zero attached hydrogens (tertiary/aromatic N) is 1. The molecule has 0 aliphatic heterocycles. The van der Waals surface area contributed by atoms with E-state index in [-0.39, 0.29) is 24.6 Å². The van der Waals surface area contributed by atoms with Crippen LogP contribution in [0.1, 0.15) is 24.0 Å². The van der Waals surface area contributed by atoms with Crippen molar-refractivity contribution in [1.29, 1.82) is 0 Å². The van der Waals surface area contributed by atoms with Crippen molar-refractivity contribution in [1.82, 2.24) is 10.6 Å². The highest BCUT2D eigenvalue weighted by Gasteiger charge is 2.27. The van der Waals surface area contributed by atoms with Crippen LogP contribution in [0.2, 0.25) is 0 Å². The number of amides is 3. The number of rotatable bonds is 13. The highest BCUT2D eigenvalue weighted by molar-refractivity contribution is 5.93. The van der Waals surface area contributed by atoms with Crippen LogP contribution < -0.4 is 33.6 Å². The van der Waals surface area contributed by atoms with Gasteiger partial charge in [-0.1, -0.05) is 42.5 Å². The SMILES string of the molecule is NC(=O)[C@H](Cc1ccccc1)NC(=O)[C@H](Cc1ccc(O)cc1)NC(=O)[C@@H](N)CCCN=C(N)N. The number of phenols is 1. The molecule has 0 fully saturated rings. The zero-order chi connectivity index (χ0) is 25.8. The zero-order valence-electron chi connectivity index (χ0n) is 19.4. The van der Waals surface area contributed by atoms with Crippen molar-refractivity contribution in [3.63, 3.8) is 0 Å². The van der Waals surface area contributed by atoms with Crippen LogP contribution >= 0.6 is 0 Å². The first kappa shape index (κ1) is 27.1. The van der Waals surface area contributed by atoms with E-state index in [2.05, 4.69) is 15.6 Å². The normalized spacial score (nSPS) is 13.2. The summed E-state index contributed by atoms with van der Waals surface area (Å²) in [5, 5.41) is 14.8. The number of nitrogens with two attached hydrogens (primary N) is 4. The minimum absolute atomic E-state index is 0.0480. The molecule has 0 saturated heterocycles. The topological polar surface area (TPSA) is 212 Å². The number of hydrogen-bond donors (Lipinski definition) is 7. The fraction of sp³-hybridized carbons (Fsp3) is 0.333. The van der Waals surface area contributed by atoms with Gasteiger partial charge in [0.1, 0.15) is 17.8 Å². The Morgan fingerprint density at radius 3 is 2.00 bits per heavy atom. The molecular formula is C24H33N7O4. The lowest BCUT2D eigenvalue weighted by molar-refractivity contribution is -0.131. The first-order chi connectivity index (χ1) is 16.7. The minimum Gasteiger partial charge on any atom is -0.508 e. The molecule has 0 saturated carbocycles. The summed E-state index contributed by atoms with van der Waals surface area (Å²) in [4.78, 5) is 41.7. The summed E-state index contributed by atoms with van der Waals surface area (Å²) >= 11 is 0. The second-order valence-electron chi connectivity index (χ2n) is 8.14. The summed E-state index contributed by atoms with van der Waals surface area (Å²) in [5.41, 5.74) is 23.6. The molecule has 2 rings (SSSR count). The molecule has 0 heterocycles. The van der Waals surface area contributed by atoms with Gasteiger partial charge in [-0.25, -0.2) is 0 Å². The predicted octanol–water partition coefficient (Wildman–Crippen LogP) is -0.987. The van der Waals surface area contributed by atoms with Gasteiger partial charge in [0.25, 0.3) is 0 Å². The molecule has 3 atom stereocenters. The number of carbonyl (C=O) groups is 3.